The van der Waals surface area contributed by atoms with Gasteiger partial charge in [0, 0.05) is 18.9 Å². The molecule has 1 aromatic rings. The number of hydrogen-bond acceptors (Lipinski definition) is 3. The fourth-order valence-electron chi connectivity index (χ4n) is 1.47. The molecule has 17 heavy (non-hydrogen) atoms. The van der Waals surface area contributed by atoms with Crippen LogP contribution in [0.25, 0.3) is 0 Å². The summed E-state index contributed by atoms with van der Waals surface area (Å²) in [7, 11) is 0. The quantitative estimate of drug-likeness (QED) is 0.816. The normalized spacial score (nSPS) is 16.0. The van der Waals surface area contributed by atoms with Crippen LogP contribution in [0.4, 0.5) is 0 Å². The lowest BCUT2D eigenvalue weighted by molar-refractivity contribution is 0.00592. The molecule has 0 aromatic carbocycles. The Morgan fingerprint density at radius 2 is 2.35 bits per heavy atom. The summed E-state index contributed by atoms with van der Waals surface area (Å²) in [6, 6.07) is 3.40. The summed E-state index contributed by atoms with van der Waals surface area (Å²) in [5, 5.41) is 12.9. The monoisotopic (exact) mass is 236 g/mol. The molecule has 1 heterocycles. The molecule has 94 valence electrons. The van der Waals surface area contributed by atoms with Crippen molar-refractivity contribution < 1.29 is 9.90 Å². The molecule has 1 aromatic heterocycles. The van der Waals surface area contributed by atoms with Crippen molar-refractivity contribution in [1.29, 1.82) is 0 Å². The maximum Gasteiger partial charge on any atom is 0.252 e. The molecule has 0 saturated heterocycles. The number of carbonyl (C=O) groups excluding carboxylic acids is 1. The number of hydrogen-bond donors (Lipinski definition) is 2. The van der Waals surface area contributed by atoms with Gasteiger partial charge < -0.3 is 10.4 Å². The summed E-state index contributed by atoms with van der Waals surface area (Å²) >= 11 is 0. The highest BCUT2D eigenvalue weighted by molar-refractivity contribution is 5.93. The number of carbonyl (C=O) groups is 1. The van der Waals surface area contributed by atoms with Crippen molar-refractivity contribution in [3.05, 3.63) is 30.1 Å². The second-order valence-electron chi connectivity index (χ2n) is 4.59. The molecule has 0 aliphatic carbocycles. The van der Waals surface area contributed by atoms with E-state index in [1.54, 1.807) is 25.3 Å². The molecule has 4 heteroatoms. The minimum Gasteiger partial charge on any atom is -0.388 e. The summed E-state index contributed by atoms with van der Waals surface area (Å²) in [6.07, 6.45) is 4.00. The van der Waals surface area contributed by atoms with Gasteiger partial charge >= 0.3 is 0 Å². The molecule has 0 bridgehead atoms. The molecule has 4 nitrogen and oxygen atoms in total. The van der Waals surface area contributed by atoms with Gasteiger partial charge in [-0.05, 0) is 25.0 Å². The average molecular weight is 236 g/mol. The Bertz CT molecular complexity index is 363. The van der Waals surface area contributed by atoms with E-state index >= 15 is 0 Å². The SMILES string of the molecule is CCC(C)C(C)(O)CNC(=O)c1cccnc1. The van der Waals surface area contributed by atoms with E-state index in [1.165, 1.54) is 6.20 Å². The van der Waals surface area contributed by atoms with E-state index in [4.69, 9.17) is 0 Å². The standard InChI is InChI=1S/C13H20N2O2/c1-4-10(2)13(3,17)9-15-12(16)11-6-5-7-14-8-11/h5-8,10,17H,4,9H2,1-3H3,(H,15,16). The van der Waals surface area contributed by atoms with Crippen molar-refractivity contribution in [2.75, 3.05) is 6.54 Å². The van der Waals surface area contributed by atoms with Crippen LogP contribution in [0.15, 0.2) is 24.5 Å². The maximum absolute atomic E-state index is 11.7. The molecule has 2 unspecified atom stereocenters. The van der Waals surface area contributed by atoms with Gasteiger partial charge in [0.1, 0.15) is 0 Å². The van der Waals surface area contributed by atoms with E-state index < -0.39 is 5.60 Å². The number of nitrogens with zero attached hydrogens (tertiary/aromatic N) is 1. The predicted molar refractivity (Wildman–Crippen MR) is 66.6 cm³/mol. The highest BCUT2D eigenvalue weighted by Gasteiger charge is 2.27. The van der Waals surface area contributed by atoms with Crippen LogP contribution in [-0.2, 0) is 0 Å². The van der Waals surface area contributed by atoms with E-state index in [1.807, 2.05) is 13.8 Å². The van der Waals surface area contributed by atoms with Gasteiger partial charge in [0.15, 0.2) is 0 Å². The van der Waals surface area contributed by atoms with Gasteiger partial charge in [0.25, 0.3) is 5.91 Å². The average Bonchev–Trinajstić information content (AvgIpc) is 2.36. The van der Waals surface area contributed by atoms with Crippen molar-refractivity contribution in [1.82, 2.24) is 10.3 Å². The summed E-state index contributed by atoms with van der Waals surface area (Å²) < 4.78 is 0. The maximum atomic E-state index is 11.7. The van der Waals surface area contributed by atoms with Crippen LogP contribution >= 0.6 is 0 Å². The molecule has 0 aliphatic heterocycles. The lowest BCUT2D eigenvalue weighted by Crippen LogP contribution is -2.45. The van der Waals surface area contributed by atoms with Gasteiger partial charge in [-0.15, -0.1) is 0 Å². The molecule has 0 saturated carbocycles. The molecule has 1 amide bonds. The molecule has 1 rings (SSSR count). The van der Waals surface area contributed by atoms with Gasteiger partial charge in [-0.1, -0.05) is 20.3 Å². The Kier molecular flexibility index (Phi) is 4.63. The zero-order chi connectivity index (χ0) is 12.9. The Labute approximate surface area is 102 Å². The minimum absolute atomic E-state index is 0.136. The Morgan fingerprint density at radius 3 is 2.88 bits per heavy atom. The topological polar surface area (TPSA) is 62.2 Å². The molecule has 0 aliphatic rings. The molecule has 0 fully saturated rings. The van der Waals surface area contributed by atoms with Gasteiger partial charge in [0.2, 0.25) is 0 Å². The fourth-order valence-corrected chi connectivity index (χ4v) is 1.47. The van der Waals surface area contributed by atoms with Gasteiger partial charge in [-0.2, -0.15) is 0 Å². The third kappa shape index (κ3) is 3.82. The van der Waals surface area contributed by atoms with Gasteiger partial charge in [0.05, 0.1) is 11.2 Å². The Hall–Kier alpha value is -1.42. The van der Waals surface area contributed by atoms with Crippen LogP contribution in [0, 0.1) is 5.92 Å². The molecule has 0 radical (unpaired) electrons. The zero-order valence-corrected chi connectivity index (χ0v) is 10.6. The third-order valence-corrected chi connectivity index (χ3v) is 3.20. The molecular formula is C13H20N2O2. The smallest absolute Gasteiger partial charge is 0.252 e. The van der Waals surface area contributed by atoms with Gasteiger partial charge in [-0.25, -0.2) is 0 Å². The fraction of sp³-hybridized carbons (Fsp3) is 0.538. The van der Waals surface area contributed by atoms with Crippen molar-refractivity contribution in [3.8, 4) is 0 Å². The third-order valence-electron chi connectivity index (χ3n) is 3.20. The van der Waals surface area contributed by atoms with Crippen molar-refractivity contribution in [2.24, 2.45) is 5.92 Å². The second-order valence-corrected chi connectivity index (χ2v) is 4.59. The lowest BCUT2D eigenvalue weighted by atomic mass is 9.88. The van der Waals surface area contributed by atoms with E-state index in [0.29, 0.717) is 5.56 Å². The first-order valence-electron chi connectivity index (χ1n) is 5.88. The number of aliphatic hydroxyl groups is 1. The zero-order valence-electron chi connectivity index (χ0n) is 10.6. The van der Waals surface area contributed by atoms with Crippen molar-refractivity contribution in [3.63, 3.8) is 0 Å². The molecular weight excluding hydrogens is 216 g/mol. The van der Waals surface area contributed by atoms with E-state index in [9.17, 15) is 9.90 Å². The predicted octanol–water partition coefficient (Wildman–Crippen LogP) is 1.61. The van der Waals surface area contributed by atoms with Crippen molar-refractivity contribution in [2.45, 2.75) is 32.8 Å². The summed E-state index contributed by atoms with van der Waals surface area (Å²) in [6.45, 7) is 5.97. The van der Waals surface area contributed by atoms with Crippen LogP contribution < -0.4 is 5.32 Å². The molecule has 2 N–H and O–H groups in total. The van der Waals surface area contributed by atoms with Crippen LogP contribution in [0.5, 0.6) is 0 Å². The first kappa shape index (κ1) is 13.6. The highest BCUT2D eigenvalue weighted by Crippen LogP contribution is 2.18. The number of pyridine rings is 1. The first-order valence-corrected chi connectivity index (χ1v) is 5.88. The summed E-state index contributed by atoms with van der Waals surface area (Å²) in [5.74, 6) is -0.0709. The van der Waals surface area contributed by atoms with Gasteiger partial charge in [-0.3, -0.25) is 9.78 Å². The first-order chi connectivity index (χ1) is 7.97. The van der Waals surface area contributed by atoms with Crippen LogP contribution in [0.2, 0.25) is 0 Å². The number of nitrogens with one attached hydrogen (secondary N) is 1. The number of amides is 1. The Balaban J connectivity index is 2.54. The molecule has 0 spiro atoms. The molecule has 2 atom stereocenters. The largest absolute Gasteiger partial charge is 0.388 e. The number of rotatable bonds is 5. The van der Waals surface area contributed by atoms with Crippen molar-refractivity contribution >= 4 is 5.91 Å². The highest BCUT2D eigenvalue weighted by atomic mass is 16.3. The Morgan fingerprint density at radius 1 is 1.65 bits per heavy atom. The van der Waals surface area contributed by atoms with Crippen LogP contribution in [0.1, 0.15) is 37.6 Å². The van der Waals surface area contributed by atoms with Crippen LogP contribution in [0.3, 0.4) is 0 Å². The lowest BCUT2D eigenvalue weighted by Gasteiger charge is -2.29. The van der Waals surface area contributed by atoms with E-state index in [0.717, 1.165) is 6.42 Å². The summed E-state index contributed by atoms with van der Waals surface area (Å²) in [5.41, 5.74) is -0.375. The minimum atomic E-state index is -0.882. The van der Waals surface area contributed by atoms with E-state index in [2.05, 4.69) is 10.3 Å². The summed E-state index contributed by atoms with van der Waals surface area (Å²) in [4.78, 5) is 15.6. The van der Waals surface area contributed by atoms with E-state index in [-0.39, 0.29) is 18.4 Å². The number of aromatic nitrogens is 1. The second kappa shape index (κ2) is 5.77. The van der Waals surface area contributed by atoms with Crippen LogP contribution in [-0.4, -0.2) is 28.1 Å².